The summed E-state index contributed by atoms with van der Waals surface area (Å²) in [5, 5.41) is 3.46. The predicted octanol–water partition coefficient (Wildman–Crippen LogP) is 30.2. The van der Waals surface area contributed by atoms with E-state index in [9.17, 15) is 65.9 Å². The summed E-state index contributed by atoms with van der Waals surface area (Å²) in [6.45, 7) is 6.82. The van der Waals surface area contributed by atoms with Gasteiger partial charge in [0.05, 0.1) is 160 Å². The van der Waals surface area contributed by atoms with E-state index < -0.39 is 69.7 Å². The molecule has 0 spiro atoms. The number of alkyl halides is 15. The fraction of sp³-hybridized carbons (Fsp3) is 0.0857. The third-order valence-corrected chi connectivity index (χ3v) is 26.7. The highest BCUT2D eigenvalue weighted by atomic mass is 35.5. The first kappa shape index (κ1) is 94.4. The molecule has 0 aliphatic rings. The highest BCUT2D eigenvalue weighted by Crippen LogP contribution is 2.47. The van der Waals surface area contributed by atoms with Crippen molar-refractivity contribution in [3.63, 3.8) is 0 Å². The van der Waals surface area contributed by atoms with Gasteiger partial charge in [-0.2, -0.15) is 65.9 Å². The van der Waals surface area contributed by atoms with E-state index in [0.717, 1.165) is 47.0 Å². The van der Waals surface area contributed by atoms with Crippen molar-refractivity contribution in [3.05, 3.63) is 280 Å². The molecule has 0 aliphatic carbocycles. The molecule has 12 heterocycles. The van der Waals surface area contributed by atoms with Gasteiger partial charge >= 0.3 is 30.9 Å². The summed E-state index contributed by atoms with van der Waals surface area (Å²) in [4.78, 5) is 113. The van der Waals surface area contributed by atoms with Crippen LogP contribution in [0.25, 0.3) is 265 Å². The van der Waals surface area contributed by atoms with Crippen molar-refractivity contribution >= 4 is 334 Å². The Balaban J connectivity index is 0.000000104. The fourth-order valence-electron chi connectivity index (χ4n) is 18.1. The van der Waals surface area contributed by atoms with Gasteiger partial charge in [-0.3, -0.25) is 0 Å². The highest BCUT2D eigenvalue weighted by Gasteiger charge is 2.45. The lowest BCUT2D eigenvalue weighted by Gasteiger charge is -2.17. The number of nitrogens with zero attached hydrogens (tertiary/aromatic N) is 24. The molecule has 150 heavy (non-hydrogen) atoms. The van der Waals surface area contributed by atoms with Crippen molar-refractivity contribution < 1.29 is 65.9 Å². The molecule has 12 aromatic heterocycles. The number of benzene rings is 16. The molecule has 16 aromatic carbocycles. The zero-order valence-electron chi connectivity index (χ0n) is 75.7. The summed E-state index contributed by atoms with van der Waals surface area (Å²) < 4.78 is 204. The molecule has 0 amide bonds. The van der Waals surface area contributed by atoms with Gasteiger partial charge in [-0.25, -0.2) is 120 Å². The molecule has 0 fully saturated rings. The Bertz CT molecular complexity index is 10700. The Hall–Kier alpha value is -16.6. The SMILES string of the molecule is Cc1cc2nc3c(nc2cc1C)c1nc2cc(C(F)(F)F)c(C(F)(F)F)cc2nc1c1nc2cc(C(F)(F)F)c(C)cc2nc31.Cc1ccc2nc3c(nc2c1)c1nc2ccc(C(F)(F)F)cc2nc1c1nc2ccc(C(F)(F)F)cc2nc31.Clc1ccc2nc3c4nc5cc(Cl)ccc5nc4c4nc5cc(Cl)ccc5nc4c3nc2c1.Clc1ccc2nc3c4nc5ccc(Cl)cc5nc4c4nc5cc(Cl)ccc5nc4c3nc2c1. The summed E-state index contributed by atoms with van der Waals surface area (Å²) in [7, 11) is 0. The van der Waals surface area contributed by atoms with Crippen LogP contribution in [0, 0.1) is 27.7 Å². The minimum absolute atomic E-state index is 0.0217. The lowest BCUT2D eigenvalue weighted by molar-refractivity contribution is -0.161. The average molecular weight is 2140 g/mol. The molecule has 0 saturated heterocycles. The van der Waals surface area contributed by atoms with Gasteiger partial charge in [0, 0.05) is 30.1 Å². The maximum Gasteiger partial charge on any atom is 0.417 e. The number of hydrogen-bond acceptors (Lipinski definition) is 24. The van der Waals surface area contributed by atoms with Crippen molar-refractivity contribution in [1.29, 1.82) is 0 Å². The topological polar surface area (TPSA) is 309 Å². The van der Waals surface area contributed by atoms with Gasteiger partial charge in [0.15, 0.2) is 0 Å². The zero-order valence-corrected chi connectivity index (χ0v) is 80.3. The first-order valence-corrected chi connectivity index (χ1v) is 46.8. The second kappa shape index (κ2) is 34.0. The summed E-state index contributed by atoms with van der Waals surface area (Å²) >= 11 is 37.3. The molecule has 0 N–H and O–H groups in total. The lowest BCUT2D eigenvalue weighted by Crippen LogP contribution is -2.16. The Morgan fingerprint density at radius 2 is 0.287 bits per heavy atom. The van der Waals surface area contributed by atoms with Crippen LogP contribution in [0.4, 0.5) is 65.9 Å². The zero-order chi connectivity index (χ0) is 104. The molecule has 45 heteroatoms. The molecule has 28 rings (SSSR count). The Kier molecular flexibility index (Phi) is 21.4. The van der Waals surface area contributed by atoms with Gasteiger partial charge < -0.3 is 0 Å². The summed E-state index contributed by atoms with van der Waals surface area (Å²) in [6, 6.07) is 49.7. The van der Waals surface area contributed by atoms with Gasteiger partial charge in [0.2, 0.25) is 0 Å². The Morgan fingerprint density at radius 1 is 0.140 bits per heavy atom. The van der Waals surface area contributed by atoms with Crippen molar-refractivity contribution in [2.75, 3.05) is 0 Å². The number of halogens is 21. The van der Waals surface area contributed by atoms with Crippen molar-refractivity contribution in [2.45, 2.75) is 58.6 Å². The summed E-state index contributed by atoms with van der Waals surface area (Å²) in [5.41, 5.74) is 12.5. The third-order valence-electron chi connectivity index (χ3n) is 25.3. The first-order valence-electron chi connectivity index (χ1n) is 44.6. The maximum absolute atomic E-state index is 13.8. The van der Waals surface area contributed by atoms with E-state index in [1.165, 1.54) is 25.1 Å². The van der Waals surface area contributed by atoms with Crippen LogP contribution in [0.2, 0.25) is 30.1 Å². The number of fused-ring (bicyclic) bond motifs is 36. The normalized spacial score (nSPS) is 12.7. The molecule has 28 aromatic rings. The minimum atomic E-state index is -5.39. The van der Waals surface area contributed by atoms with Gasteiger partial charge in [-0.1, -0.05) is 75.7 Å². The predicted molar refractivity (Wildman–Crippen MR) is 547 cm³/mol. The van der Waals surface area contributed by atoms with Crippen LogP contribution >= 0.6 is 69.6 Å². The number of aromatic nitrogens is 24. The van der Waals surface area contributed by atoms with E-state index in [4.69, 9.17) is 139 Å². The molecule has 0 radical (unpaired) electrons. The molecule has 0 bridgehead atoms. The Labute approximate surface area is 853 Å². The van der Waals surface area contributed by atoms with E-state index in [1.54, 1.807) is 91.0 Å². The molecule has 0 unspecified atom stereocenters. The van der Waals surface area contributed by atoms with Gasteiger partial charge in [-0.15, -0.1) is 0 Å². The van der Waals surface area contributed by atoms with Crippen LogP contribution in [0.3, 0.4) is 0 Å². The van der Waals surface area contributed by atoms with Crippen LogP contribution in [-0.2, 0) is 30.9 Å². The van der Waals surface area contributed by atoms with E-state index in [1.807, 2.05) is 69.3 Å². The molecule has 732 valence electrons. The molecule has 24 nitrogen and oxygen atoms in total. The third kappa shape index (κ3) is 16.3. The van der Waals surface area contributed by atoms with E-state index in [-0.39, 0.29) is 117 Å². The van der Waals surface area contributed by atoms with E-state index >= 15 is 0 Å². The van der Waals surface area contributed by atoms with Gasteiger partial charge in [0.1, 0.15) is 132 Å². The summed E-state index contributed by atoms with van der Waals surface area (Å²) in [5.74, 6) is 0. The minimum Gasteiger partial charge on any atom is -0.242 e. The number of aryl methyl sites for hydroxylation is 4. The maximum atomic E-state index is 13.8. The van der Waals surface area contributed by atoms with Gasteiger partial charge in [-0.05, 0) is 244 Å². The Morgan fingerprint density at radius 3 is 0.480 bits per heavy atom. The second-order valence-corrected chi connectivity index (χ2v) is 37.8. The fourth-order valence-corrected chi connectivity index (χ4v) is 19.1. The van der Waals surface area contributed by atoms with Crippen molar-refractivity contribution in [1.82, 2.24) is 120 Å². The van der Waals surface area contributed by atoms with Crippen molar-refractivity contribution in [3.8, 4) is 0 Å². The number of rotatable bonds is 0. The average Bonchev–Trinajstić information content (AvgIpc) is 0.719. The quantitative estimate of drug-likeness (QED) is 0.0773. The lowest BCUT2D eigenvalue weighted by atomic mass is 10.0. The highest BCUT2D eigenvalue weighted by molar-refractivity contribution is 6.35. The van der Waals surface area contributed by atoms with Crippen LogP contribution in [0.1, 0.15) is 50.1 Å². The number of hydrogen-bond donors (Lipinski definition) is 0. The molecular formula is C105H45Cl6F15N24. The molecule has 0 aliphatic heterocycles. The monoisotopic (exact) mass is 2140 g/mol. The van der Waals surface area contributed by atoms with Crippen molar-refractivity contribution in [2.24, 2.45) is 0 Å². The second-order valence-electron chi connectivity index (χ2n) is 35.2. The van der Waals surface area contributed by atoms with Crippen LogP contribution in [0.15, 0.2) is 200 Å². The van der Waals surface area contributed by atoms with E-state index in [0.29, 0.717) is 185 Å². The van der Waals surface area contributed by atoms with Crippen LogP contribution in [-0.4, -0.2) is 120 Å². The summed E-state index contributed by atoms with van der Waals surface area (Å²) in [6.07, 6.45) is -24.7. The van der Waals surface area contributed by atoms with Crippen LogP contribution in [0.5, 0.6) is 0 Å². The van der Waals surface area contributed by atoms with Gasteiger partial charge in [0.25, 0.3) is 0 Å². The first-order chi connectivity index (χ1) is 71.4. The molecule has 0 saturated carbocycles. The standard InChI is InChI=1S/C30H15F9N6.C27H12F6N6.2C24H9Cl3N6/c1-10-4-16-17(5-11(10)2)41-23-22(40-16)24-25(43-19-7-13(28(31,32)33)12(3)6-18(19)42-24)27-26(23)44-20-8-14(29(34,35)36)15(30(37,38)39)9-21(20)45-27;1-11-2-5-14-17(8-11)37-23-20(34-14)24-22(36-16-7-4-13(27(31,32)33)10-19(16)38-24)25-21(23)35-15-6-3-12(26(28,29)30)9-18(15)39-25;25-10-1-4-13-16(7-10)31-22-19(28-13)23-21(30-14-5-2-11(26)8-17(14)32-23)24-20(22)29-15-6-3-12(27)9-18(15)33-24;25-10-1-4-13-16(7-10)31-22-19(28-13)20-23(32-17-8-11(26)2-5-14(17)29-20)24-21(22)30-15-6-3-12(27)9-18(15)33-24/h4-9H,1-3H3;2-10H,1H3;2*1-9H. The van der Waals surface area contributed by atoms with E-state index in [2.05, 4.69) is 49.8 Å². The molecule has 0 atom stereocenters. The molecular weight excluding hydrogens is 2100 g/mol. The largest absolute Gasteiger partial charge is 0.417 e. The van der Waals surface area contributed by atoms with Crippen LogP contribution < -0.4 is 0 Å². The smallest absolute Gasteiger partial charge is 0.242 e.